The summed E-state index contributed by atoms with van der Waals surface area (Å²) in [5, 5.41) is 0. The zero-order chi connectivity index (χ0) is 19.9. The summed E-state index contributed by atoms with van der Waals surface area (Å²) >= 11 is 0. The number of sulfonamides is 1. The van der Waals surface area contributed by atoms with Gasteiger partial charge in [-0.3, -0.25) is 0 Å². The predicted molar refractivity (Wildman–Crippen MR) is 110 cm³/mol. The number of aryl methyl sites for hydroxylation is 2. The van der Waals surface area contributed by atoms with E-state index in [0.717, 1.165) is 36.3 Å². The largest absolute Gasteiger partial charge is 0.492 e. The maximum atomic E-state index is 12.6. The van der Waals surface area contributed by atoms with Crippen molar-refractivity contribution < 1.29 is 13.2 Å². The third kappa shape index (κ3) is 6.06. The molecule has 1 N–H and O–H groups in total. The molecule has 0 saturated heterocycles. The van der Waals surface area contributed by atoms with Crippen LogP contribution >= 0.6 is 0 Å². The van der Waals surface area contributed by atoms with Gasteiger partial charge in [0.1, 0.15) is 12.4 Å². The van der Waals surface area contributed by atoms with Crippen molar-refractivity contribution in [3.05, 3.63) is 59.2 Å². The third-order valence-electron chi connectivity index (χ3n) is 4.77. The summed E-state index contributed by atoms with van der Waals surface area (Å²) in [6, 6.07) is 12.7. The fourth-order valence-electron chi connectivity index (χ4n) is 2.75. The molecule has 0 radical (unpaired) electrons. The molecule has 0 saturated carbocycles. The number of hydrogen-bond acceptors (Lipinski definition) is 4. The van der Waals surface area contributed by atoms with Crippen LogP contribution in [-0.2, 0) is 16.6 Å². The van der Waals surface area contributed by atoms with E-state index in [4.69, 9.17) is 4.74 Å². The van der Waals surface area contributed by atoms with E-state index in [1.54, 1.807) is 12.1 Å². The normalized spacial score (nSPS) is 11.7. The highest BCUT2D eigenvalue weighted by Gasteiger charge is 2.15. The van der Waals surface area contributed by atoms with E-state index in [2.05, 4.69) is 23.5 Å². The van der Waals surface area contributed by atoms with Gasteiger partial charge in [0.05, 0.1) is 4.90 Å². The summed E-state index contributed by atoms with van der Waals surface area (Å²) in [7, 11) is -3.57. The summed E-state index contributed by atoms with van der Waals surface area (Å²) in [6.07, 6.45) is 0. The Hall–Kier alpha value is -1.89. The third-order valence-corrected chi connectivity index (χ3v) is 6.17. The van der Waals surface area contributed by atoms with Gasteiger partial charge in [-0.25, -0.2) is 13.1 Å². The first-order chi connectivity index (χ1) is 12.9. The molecule has 0 heterocycles. The molecule has 2 aromatic rings. The fourth-order valence-corrected chi connectivity index (χ4v) is 3.84. The summed E-state index contributed by atoms with van der Waals surface area (Å²) < 4.78 is 33.8. The first-order valence-corrected chi connectivity index (χ1v) is 10.9. The van der Waals surface area contributed by atoms with Gasteiger partial charge in [-0.1, -0.05) is 38.1 Å². The fraction of sp³-hybridized carbons (Fsp3) is 0.429. The standard InChI is InChI=1S/C21H30N2O3S/c1-5-23(6-2)13-14-26-21-10-8-7-9-19(21)16-22-27(24,25)20-12-11-17(3)18(4)15-20/h7-12,15,22H,5-6,13-14,16H2,1-4H3. The quantitative estimate of drug-likeness (QED) is 0.675. The summed E-state index contributed by atoms with van der Waals surface area (Å²) in [6.45, 7) is 11.7. The molecule has 0 amide bonds. The second-order valence-electron chi connectivity index (χ2n) is 6.55. The van der Waals surface area contributed by atoms with Gasteiger partial charge >= 0.3 is 0 Å². The number of hydrogen-bond donors (Lipinski definition) is 1. The minimum atomic E-state index is -3.57. The van der Waals surface area contributed by atoms with E-state index in [1.165, 1.54) is 0 Å². The zero-order valence-electron chi connectivity index (χ0n) is 16.7. The van der Waals surface area contributed by atoms with Crippen molar-refractivity contribution in [2.45, 2.75) is 39.1 Å². The minimum absolute atomic E-state index is 0.191. The van der Waals surface area contributed by atoms with Crippen molar-refractivity contribution in [2.24, 2.45) is 0 Å². The monoisotopic (exact) mass is 390 g/mol. The highest BCUT2D eigenvalue weighted by Crippen LogP contribution is 2.20. The van der Waals surface area contributed by atoms with Crippen molar-refractivity contribution in [1.29, 1.82) is 0 Å². The molecule has 0 aromatic heterocycles. The molecular weight excluding hydrogens is 360 g/mol. The van der Waals surface area contributed by atoms with E-state index in [-0.39, 0.29) is 11.4 Å². The number of benzene rings is 2. The Balaban J connectivity index is 2.03. The van der Waals surface area contributed by atoms with Crippen molar-refractivity contribution in [1.82, 2.24) is 9.62 Å². The smallest absolute Gasteiger partial charge is 0.240 e. The number of para-hydroxylation sites is 1. The molecule has 5 nitrogen and oxygen atoms in total. The molecule has 0 fully saturated rings. The van der Waals surface area contributed by atoms with Crippen molar-refractivity contribution in [3.63, 3.8) is 0 Å². The van der Waals surface area contributed by atoms with Crippen molar-refractivity contribution in [3.8, 4) is 5.75 Å². The predicted octanol–water partition coefficient (Wildman–Crippen LogP) is 3.50. The zero-order valence-corrected chi connectivity index (χ0v) is 17.5. The van der Waals surface area contributed by atoms with Gasteiger partial charge in [-0.05, 0) is 56.3 Å². The van der Waals surface area contributed by atoms with Crippen LogP contribution in [0, 0.1) is 13.8 Å². The van der Waals surface area contributed by atoms with Crippen LogP contribution in [0.15, 0.2) is 47.4 Å². The molecule has 0 atom stereocenters. The van der Waals surface area contributed by atoms with E-state index in [1.807, 2.05) is 44.2 Å². The topological polar surface area (TPSA) is 58.6 Å². The molecule has 0 bridgehead atoms. The highest BCUT2D eigenvalue weighted by atomic mass is 32.2. The second-order valence-corrected chi connectivity index (χ2v) is 8.32. The van der Waals surface area contributed by atoms with Crippen molar-refractivity contribution in [2.75, 3.05) is 26.2 Å². The molecule has 0 aliphatic rings. The molecule has 0 unspecified atom stereocenters. The summed E-state index contributed by atoms with van der Waals surface area (Å²) in [4.78, 5) is 2.57. The van der Waals surface area contributed by atoms with Gasteiger partial charge in [0.15, 0.2) is 0 Å². The van der Waals surface area contributed by atoms with Gasteiger partial charge in [0.2, 0.25) is 10.0 Å². The number of rotatable bonds is 10. The van der Waals surface area contributed by atoms with Crippen LogP contribution < -0.4 is 9.46 Å². The van der Waals surface area contributed by atoms with Gasteiger partial charge in [0.25, 0.3) is 0 Å². The Morgan fingerprint density at radius 2 is 1.70 bits per heavy atom. The Morgan fingerprint density at radius 1 is 1.00 bits per heavy atom. The number of ether oxygens (including phenoxy) is 1. The SMILES string of the molecule is CCN(CC)CCOc1ccccc1CNS(=O)(=O)c1ccc(C)c(C)c1. The maximum absolute atomic E-state index is 12.6. The Labute approximate surface area is 163 Å². The number of likely N-dealkylation sites (N-methyl/N-ethyl adjacent to an activating group) is 1. The van der Waals surface area contributed by atoms with E-state index in [9.17, 15) is 8.42 Å². The maximum Gasteiger partial charge on any atom is 0.240 e. The minimum Gasteiger partial charge on any atom is -0.492 e. The van der Waals surface area contributed by atoms with Gasteiger partial charge in [0, 0.05) is 18.7 Å². The number of nitrogens with one attached hydrogen (secondary N) is 1. The van der Waals surface area contributed by atoms with Crippen LogP contribution in [0.25, 0.3) is 0 Å². The molecule has 0 aliphatic carbocycles. The first kappa shape index (κ1) is 21.4. The molecule has 2 rings (SSSR count). The van der Waals surface area contributed by atoms with E-state index < -0.39 is 10.0 Å². The van der Waals surface area contributed by atoms with Crippen molar-refractivity contribution >= 4 is 10.0 Å². The van der Waals surface area contributed by atoms with Crippen LogP contribution in [0.2, 0.25) is 0 Å². The molecule has 2 aromatic carbocycles. The number of nitrogens with zero attached hydrogens (tertiary/aromatic N) is 1. The Bertz CT molecular complexity index is 846. The molecule has 0 spiro atoms. The van der Waals surface area contributed by atoms with Crippen LogP contribution in [0.1, 0.15) is 30.5 Å². The average Bonchev–Trinajstić information content (AvgIpc) is 2.66. The van der Waals surface area contributed by atoms with Gasteiger partial charge < -0.3 is 9.64 Å². The Kier molecular flexibility index (Phi) is 7.83. The first-order valence-electron chi connectivity index (χ1n) is 9.37. The molecule has 27 heavy (non-hydrogen) atoms. The molecule has 6 heteroatoms. The van der Waals surface area contributed by atoms with E-state index in [0.29, 0.717) is 12.4 Å². The lowest BCUT2D eigenvalue weighted by atomic mass is 10.1. The van der Waals surface area contributed by atoms with Gasteiger partial charge in [-0.2, -0.15) is 0 Å². The van der Waals surface area contributed by atoms with Gasteiger partial charge in [-0.15, -0.1) is 0 Å². The lowest BCUT2D eigenvalue weighted by Crippen LogP contribution is -2.28. The van der Waals surface area contributed by atoms with E-state index >= 15 is 0 Å². The van der Waals surface area contributed by atoms with Crippen LogP contribution in [0.4, 0.5) is 0 Å². The summed E-state index contributed by atoms with van der Waals surface area (Å²) in [5.41, 5.74) is 2.85. The van der Waals surface area contributed by atoms with Crippen LogP contribution in [-0.4, -0.2) is 39.6 Å². The lowest BCUT2D eigenvalue weighted by molar-refractivity contribution is 0.221. The lowest BCUT2D eigenvalue weighted by Gasteiger charge is -2.19. The van der Waals surface area contributed by atoms with Crippen LogP contribution in [0.3, 0.4) is 0 Å². The average molecular weight is 391 g/mol. The van der Waals surface area contributed by atoms with Crippen LogP contribution in [0.5, 0.6) is 5.75 Å². The summed E-state index contributed by atoms with van der Waals surface area (Å²) in [5.74, 6) is 0.715. The molecule has 148 valence electrons. The second kappa shape index (κ2) is 9.88. The molecule has 0 aliphatic heterocycles. The Morgan fingerprint density at radius 3 is 2.37 bits per heavy atom. The molecular formula is C21H30N2O3S. The highest BCUT2D eigenvalue weighted by molar-refractivity contribution is 7.89.